The van der Waals surface area contributed by atoms with Gasteiger partial charge in [-0.2, -0.15) is 5.26 Å². The Bertz CT molecular complexity index is 513. The number of thioether (sulfide) groups is 1. The minimum absolute atomic E-state index is 0.382. The number of hydrogen-bond donors (Lipinski definition) is 0. The molecule has 0 bridgehead atoms. The molecule has 0 N–H and O–H groups in total. The maximum Gasteiger partial charge on any atom is 0.180 e. The van der Waals surface area contributed by atoms with Crippen molar-refractivity contribution in [3.8, 4) is 5.40 Å². The smallest absolute Gasteiger partial charge is 0.180 e. The molecule has 0 aliphatic heterocycles. The Labute approximate surface area is 113 Å². The van der Waals surface area contributed by atoms with Gasteiger partial charge in [-0.05, 0) is 56.1 Å². The number of sulfone groups is 1. The van der Waals surface area contributed by atoms with Gasteiger partial charge in [0.25, 0.3) is 0 Å². The summed E-state index contributed by atoms with van der Waals surface area (Å²) in [7, 11) is -3.17. The number of nitrogens with zero attached hydrogens (tertiary/aromatic N) is 1. The van der Waals surface area contributed by atoms with Crippen molar-refractivity contribution in [2.24, 2.45) is 0 Å². The lowest BCUT2D eigenvalue weighted by Crippen LogP contribution is -2.13. The summed E-state index contributed by atoms with van der Waals surface area (Å²) >= 11 is 1.25. The molecule has 0 radical (unpaired) electrons. The second-order valence-electron chi connectivity index (χ2n) is 4.28. The van der Waals surface area contributed by atoms with Crippen LogP contribution in [-0.2, 0) is 16.3 Å². The number of benzene rings is 1. The van der Waals surface area contributed by atoms with Crippen LogP contribution < -0.4 is 0 Å². The molecule has 3 nitrogen and oxygen atoms in total. The zero-order valence-electron chi connectivity index (χ0n) is 10.6. The van der Waals surface area contributed by atoms with Crippen molar-refractivity contribution in [2.75, 3.05) is 5.75 Å². The summed E-state index contributed by atoms with van der Waals surface area (Å²) in [5, 5.41) is 10.0. The first-order chi connectivity index (χ1) is 8.48. The van der Waals surface area contributed by atoms with E-state index >= 15 is 0 Å². The third kappa shape index (κ3) is 4.04. The van der Waals surface area contributed by atoms with Crippen LogP contribution in [0.5, 0.6) is 0 Å². The molecule has 0 heterocycles. The minimum atomic E-state index is -3.17. The lowest BCUT2D eigenvalue weighted by Gasteiger charge is -2.08. The molecule has 0 spiro atoms. The summed E-state index contributed by atoms with van der Waals surface area (Å²) in [5.74, 6) is 0.808. The van der Waals surface area contributed by atoms with Crippen LogP contribution in [0.2, 0.25) is 0 Å². The highest BCUT2D eigenvalue weighted by Gasteiger charge is 2.18. The van der Waals surface area contributed by atoms with Crippen LogP contribution in [-0.4, -0.2) is 19.4 Å². The second-order valence-corrected chi connectivity index (χ2v) is 7.66. The van der Waals surface area contributed by atoms with Gasteiger partial charge in [-0.1, -0.05) is 12.1 Å². The van der Waals surface area contributed by atoms with Crippen LogP contribution >= 0.6 is 11.8 Å². The van der Waals surface area contributed by atoms with Gasteiger partial charge in [0.05, 0.1) is 10.1 Å². The highest BCUT2D eigenvalue weighted by Crippen LogP contribution is 2.17. The molecule has 0 amide bonds. The topological polar surface area (TPSA) is 57.9 Å². The molecule has 0 atom stereocenters. The molecule has 5 heteroatoms. The molecule has 1 aromatic rings. The van der Waals surface area contributed by atoms with Gasteiger partial charge in [-0.3, -0.25) is 0 Å². The van der Waals surface area contributed by atoms with Crippen molar-refractivity contribution in [3.63, 3.8) is 0 Å². The largest absolute Gasteiger partial charge is 0.223 e. The zero-order chi connectivity index (χ0) is 13.6. The summed E-state index contributed by atoms with van der Waals surface area (Å²) in [4.78, 5) is 0.382. The normalized spacial score (nSPS) is 11.4. The standard InChI is InChI=1S/C13H17NO2S2/c1-11(2)18(15,16)13-7-5-12(6-8-13)4-3-9-17-10-14/h5-8,11H,3-4,9H2,1-2H3. The average Bonchev–Trinajstić information content (AvgIpc) is 2.35. The number of aryl methyl sites for hydroxylation is 1. The van der Waals surface area contributed by atoms with Crippen molar-refractivity contribution in [2.45, 2.75) is 36.8 Å². The van der Waals surface area contributed by atoms with Gasteiger partial charge in [-0.25, -0.2) is 8.42 Å². The molecular formula is C13H17NO2S2. The molecule has 0 aliphatic carbocycles. The van der Waals surface area contributed by atoms with E-state index < -0.39 is 15.1 Å². The molecule has 0 saturated heterocycles. The average molecular weight is 283 g/mol. The number of rotatable bonds is 6. The van der Waals surface area contributed by atoms with Crippen LogP contribution in [0.15, 0.2) is 29.2 Å². The quantitative estimate of drug-likeness (QED) is 0.595. The number of hydrogen-bond acceptors (Lipinski definition) is 4. The molecule has 98 valence electrons. The van der Waals surface area contributed by atoms with E-state index in [9.17, 15) is 8.42 Å². The Kier molecular flexibility index (Phi) is 5.70. The molecule has 0 aromatic heterocycles. The van der Waals surface area contributed by atoms with Gasteiger partial charge < -0.3 is 0 Å². The number of nitriles is 1. The van der Waals surface area contributed by atoms with E-state index in [-0.39, 0.29) is 0 Å². The highest BCUT2D eigenvalue weighted by molar-refractivity contribution is 8.03. The van der Waals surface area contributed by atoms with E-state index in [0.29, 0.717) is 4.90 Å². The Morgan fingerprint density at radius 2 is 1.89 bits per heavy atom. The van der Waals surface area contributed by atoms with Crippen molar-refractivity contribution in [1.82, 2.24) is 0 Å². The molecule has 0 aliphatic rings. The number of thiocyanates is 1. The third-order valence-corrected chi connectivity index (χ3v) is 5.44. The minimum Gasteiger partial charge on any atom is -0.223 e. The van der Waals surface area contributed by atoms with Crippen LogP contribution in [0.1, 0.15) is 25.8 Å². The lowest BCUT2D eigenvalue weighted by atomic mass is 10.1. The maximum atomic E-state index is 11.9. The summed E-state index contributed by atoms with van der Waals surface area (Å²) < 4.78 is 23.8. The molecule has 1 rings (SSSR count). The van der Waals surface area contributed by atoms with Gasteiger partial charge in [0.2, 0.25) is 0 Å². The van der Waals surface area contributed by atoms with Gasteiger partial charge in [-0.15, -0.1) is 0 Å². The highest BCUT2D eigenvalue weighted by atomic mass is 32.2. The fourth-order valence-corrected chi connectivity index (χ4v) is 2.95. The first-order valence-corrected chi connectivity index (χ1v) is 8.35. The second kappa shape index (κ2) is 6.81. The predicted octanol–water partition coefficient (Wildman–Crippen LogP) is 3.02. The first kappa shape index (κ1) is 15.1. The summed E-state index contributed by atoms with van der Waals surface area (Å²) in [6.45, 7) is 3.37. The van der Waals surface area contributed by atoms with Gasteiger partial charge in [0.1, 0.15) is 5.40 Å². The Morgan fingerprint density at radius 1 is 1.28 bits per heavy atom. The van der Waals surface area contributed by atoms with Gasteiger partial charge in [0, 0.05) is 5.75 Å². The van der Waals surface area contributed by atoms with Crippen molar-refractivity contribution in [1.29, 1.82) is 5.26 Å². The molecule has 0 unspecified atom stereocenters. The summed E-state index contributed by atoms with van der Waals surface area (Å²) in [6.07, 6.45) is 1.80. The van der Waals surface area contributed by atoms with Crippen LogP contribution in [0.4, 0.5) is 0 Å². The zero-order valence-corrected chi connectivity index (χ0v) is 12.2. The molecule has 0 saturated carbocycles. The van der Waals surface area contributed by atoms with E-state index in [1.54, 1.807) is 26.0 Å². The summed E-state index contributed by atoms with van der Waals surface area (Å²) in [5.41, 5.74) is 1.11. The van der Waals surface area contributed by atoms with Crippen LogP contribution in [0.25, 0.3) is 0 Å². The fourth-order valence-electron chi connectivity index (χ4n) is 1.51. The van der Waals surface area contributed by atoms with E-state index in [1.807, 2.05) is 17.5 Å². The van der Waals surface area contributed by atoms with Crippen molar-refractivity contribution < 1.29 is 8.42 Å². The molecule has 0 fully saturated rings. The van der Waals surface area contributed by atoms with E-state index in [2.05, 4.69) is 0 Å². The Morgan fingerprint density at radius 3 is 2.39 bits per heavy atom. The monoisotopic (exact) mass is 283 g/mol. The van der Waals surface area contributed by atoms with Crippen LogP contribution in [0, 0.1) is 10.7 Å². The maximum absolute atomic E-state index is 11.9. The molecule has 18 heavy (non-hydrogen) atoms. The van der Waals surface area contributed by atoms with Gasteiger partial charge in [0.15, 0.2) is 9.84 Å². The third-order valence-electron chi connectivity index (χ3n) is 2.65. The van der Waals surface area contributed by atoms with E-state index in [4.69, 9.17) is 5.26 Å². The van der Waals surface area contributed by atoms with Crippen molar-refractivity contribution >= 4 is 21.6 Å². The van der Waals surface area contributed by atoms with E-state index in [1.165, 1.54) is 11.8 Å². The van der Waals surface area contributed by atoms with E-state index in [0.717, 1.165) is 24.2 Å². The molecular weight excluding hydrogens is 266 g/mol. The SMILES string of the molecule is CC(C)S(=O)(=O)c1ccc(CCCSC#N)cc1. The first-order valence-electron chi connectivity index (χ1n) is 5.82. The Hall–Kier alpha value is -0.990. The molecule has 1 aromatic carbocycles. The Balaban J connectivity index is 2.67. The van der Waals surface area contributed by atoms with Gasteiger partial charge >= 0.3 is 0 Å². The lowest BCUT2D eigenvalue weighted by molar-refractivity contribution is 0.587. The summed E-state index contributed by atoms with van der Waals surface area (Å²) in [6, 6.07) is 7.04. The van der Waals surface area contributed by atoms with Crippen LogP contribution in [0.3, 0.4) is 0 Å². The predicted molar refractivity (Wildman–Crippen MR) is 75.2 cm³/mol. The van der Waals surface area contributed by atoms with Crippen molar-refractivity contribution in [3.05, 3.63) is 29.8 Å². The fraction of sp³-hybridized carbons (Fsp3) is 0.462.